The molecular formula is C14H25NO. The van der Waals surface area contributed by atoms with Gasteiger partial charge in [0.1, 0.15) is 0 Å². The third-order valence-corrected chi connectivity index (χ3v) is 4.14. The lowest BCUT2D eigenvalue weighted by molar-refractivity contribution is 0.0384. The number of allylic oxidation sites excluding steroid dienone is 2. The van der Waals surface area contributed by atoms with Gasteiger partial charge in [-0.1, -0.05) is 19.1 Å². The smallest absolute Gasteiger partial charge is 0.0497 e. The Morgan fingerprint density at radius 2 is 2.31 bits per heavy atom. The van der Waals surface area contributed by atoms with E-state index in [0.29, 0.717) is 6.61 Å². The number of aliphatic hydroxyl groups excluding tert-OH is 1. The van der Waals surface area contributed by atoms with Gasteiger partial charge in [-0.3, -0.25) is 0 Å². The van der Waals surface area contributed by atoms with Gasteiger partial charge in [-0.25, -0.2) is 0 Å². The minimum absolute atomic E-state index is 0.156. The van der Waals surface area contributed by atoms with Crippen LogP contribution in [0.3, 0.4) is 0 Å². The Bertz CT molecular complexity index is 251. The molecule has 0 radical (unpaired) electrons. The molecule has 0 saturated carbocycles. The van der Waals surface area contributed by atoms with E-state index < -0.39 is 0 Å². The standard InChI is InChI=1S/C14H25NO/c1-14(12-16)8-5-9-15(11-14)10-13-6-3-2-4-7-13/h2-3,13,16H,4-12H2,1H3. The average Bonchev–Trinajstić information content (AvgIpc) is 2.30. The lowest BCUT2D eigenvalue weighted by Crippen LogP contribution is -2.45. The molecule has 1 N–H and O–H groups in total. The SMILES string of the molecule is CC1(CO)CCCN(CC2CC=CCC2)C1. The molecule has 0 aromatic rings. The van der Waals surface area contributed by atoms with Gasteiger partial charge in [0.25, 0.3) is 0 Å². The quantitative estimate of drug-likeness (QED) is 0.743. The van der Waals surface area contributed by atoms with Crippen LogP contribution in [0, 0.1) is 11.3 Å². The number of nitrogens with zero attached hydrogens (tertiary/aromatic N) is 1. The summed E-state index contributed by atoms with van der Waals surface area (Å²) in [6.45, 7) is 6.12. The molecule has 0 aromatic heterocycles. The fraction of sp³-hybridized carbons (Fsp3) is 0.857. The second kappa shape index (κ2) is 5.33. The molecule has 2 aliphatic rings. The highest BCUT2D eigenvalue weighted by Gasteiger charge is 2.31. The summed E-state index contributed by atoms with van der Waals surface area (Å²) in [5.41, 5.74) is 0.156. The number of piperidine rings is 1. The highest BCUT2D eigenvalue weighted by atomic mass is 16.3. The van der Waals surface area contributed by atoms with Crippen molar-refractivity contribution in [2.75, 3.05) is 26.2 Å². The molecule has 1 fully saturated rings. The Kier molecular flexibility index (Phi) is 4.04. The summed E-state index contributed by atoms with van der Waals surface area (Å²) in [6.07, 6.45) is 10.9. The van der Waals surface area contributed by atoms with Crippen molar-refractivity contribution in [2.45, 2.75) is 39.0 Å². The van der Waals surface area contributed by atoms with Crippen molar-refractivity contribution in [1.82, 2.24) is 4.90 Å². The van der Waals surface area contributed by atoms with Crippen molar-refractivity contribution in [3.63, 3.8) is 0 Å². The molecule has 0 spiro atoms. The largest absolute Gasteiger partial charge is 0.396 e. The van der Waals surface area contributed by atoms with Crippen LogP contribution in [0.4, 0.5) is 0 Å². The van der Waals surface area contributed by atoms with Gasteiger partial charge >= 0.3 is 0 Å². The molecule has 1 aliphatic heterocycles. The van der Waals surface area contributed by atoms with Crippen LogP contribution in [0.2, 0.25) is 0 Å². The molecule has 2 unspecified atom stereocenters. The summed E-state index contributed by atoms with van der Waals surface area (Å²) in [4.78, 5) is 2.57. The zero-order chi connectivity index (χ0) is 11.4. The van der Waals surface area contributed by atoms with Gasteiger partial charge in [0.2, 0.25) is 0 Å². The number of likely N-dealkylation sites (tertiary alicyclic amines) is 1. The molecule has 0 bridgehead atoms. The van der Waals surface area contributed by atoms with Crippen molar-refractivity contribution in [1.29, 1.82) is 0 Å². The third kappa shape index (κ3) is 3.08. The van der Waals surface area contributed by atoms with Crippen molar-refractivity contribution >= 4 is 0 Å². The lowest BCUT2D eigenvalue weighted by Gasteiger charge is -2.40. The number of rotatable bonds is 3. The molecule has 0 amide bonds. The van der Waals surface area contributed by atoms with E-state index in [1.807, 2.05) is 0 Å². The highest BCUT2D eigenvalue weighted by molar-refractivity contribution is 4.92. The van der Waals surface area contributed by atoms with Gasteiger partial charge in [0.15, 0.2) is 0 Å². The maximum Gasteiger partial charge on any atom is 0.0497 e. The predicted octanol–water partition coefficient (Wildman–Crippen LogP) is 2.44. The Labute approximate surface area is 99.3 Å². The Hall–Kier alpha value is -0.340. The van der Waals surface area contributed by atoms with E-state index in [2.05, 4.69) is 24.0 Å². The molecule has 0 aromatic carbocycles. The topological polar surface area (TPSA) is 23.5 Å². The molecule has 2 heteroatoms. The van der Waals surface area contributed by atoms with Gasteiger partial charge in [0.05, 0.1) is 0 Å². The van der Waals surface area contributed by atoms with Gasteiger partial charge in [0, 0.05) is 25.1 Å². The van der Waals surface area contributed by atoms with E-state index in [-0.39, 0.29) is 5.41 Å². The van der Waals surface area contributed by atoms with E-state index in [9.17, 15) is 5.11 Å². The van der Waals surface area contributed by atoms with Crippen LogP contribution in [0.15, 0.2) is 12.2 Å². The summed E-state index contributed by atoms with van der Waals surface area (Å²) in [5.74, 6) is 0.853. The molecule has 2 rings (SSSR count). The first-order valence-electron chi connectivity index (χ1n) is 6.70. The zero-order valence-corrected chi connectivity index (χ0v) is 10.5. The van der Waals surface area contributed by atoms with Gasteiger partial charge < -0.3 is 10.0 Å². The Morgan fingerprint density at radius 3 is 3.00 bits per heavy atom. The zero-order valence-electron chi connectivity index (χ0n) is 10.5. The fourth-order valence-electron chi connectivity index (χ4n) is 3.10. The predicted molar refractivity (Wildman–Crippen MR) is 67.3 cm³/mol. The molecule has 2 atom stereocenters. The molecule has 1 saturated heterocycles. The first-order chi connectivity index (χ1) is 7.72. The van der Waals surface area contributed by atoms with Gasteiger partial charge in [-0.2, -0.15) is 0 Å². The van der Waals surface area contributed by atoms with Crippen LogP contribution in [-0.4, -0.2) is 36.2 Å². The van der Waals surface area contributed by atoms with E-state index in [1.54, 1.807) is 0 Å². The maximum atomic E-state index is 9.44. The Balaban J connectivity index is 1.83. The van der Waals surface area contributed by atoms with E-state index in [0.717, 1.165) is 12.5 Å². The van der Waals surface area contributed by atoms with Crippen molar-refractivity contribution in [2.24, 2.45) is 11.3 Å². The summed E-state index contributed by atoms with van der Waals surface area (Å²) >= 11 is 0. The highest BCUT2D eigenvalue weighted by Crippen LogP contribution is 2.30. The number of hydrogen-bond donors (Lipinski definition) is 1. The normalized spacial score (nSPS) is 36.5. The van der Waals surface area contributed by atoms with Crippen LogP contribution >= 0.6 is 0 Å². The summed E-state index contributed by atoms with van der Waals surface area (Å²) in [5, 5.41) is 9.44. The van der Waals surface area contributed by atoms with Crippen molar-refractivity contribution in [3.05, 3.63) is 12.2 Å². The van der Waals surface area contributed by atoms with Crippen LogP contribution in [-0.2, 0) is 0 Å². The van der Waals surface area contributed by atoms with Crippen LogP contribution in [0.1, 0.15) is 39.0 Å². The lowest BCUT2D eigenvalue weighted by atomic mass is 9.82. The molecule has 1 heterocycles. The maximum absolute atomic E-state index is 9.44. The van der Waals surface area contributed by atoms with E-state index >= 15 is 0 Å². The summed E-state index contributed by atoms with van der Waals surface area (Å²) in [6, 6.07) is 0. The third-order valence-electron chi connectivity index (χ3n) is 4.14. The second-order valence-electron chi connectivity index (χ2n) is 5.96. The molecule has 92 valence electrons. The fourth-order valence-corrected chi connectivity index (χ4v) is 3.10. The second-order valence-corrected chi connectivity index (χ2v) is 5.96. The Morgan fingerprint density at radius 1 is 1.44 bits per heavy atom. The van der Waals surface area contributed by atoms with Crippen LogP contribution in [0.5, 0.6) is 0 Å². The van der Waals surface area contributed by atoms with Crippen LogP contribution in [0.25, 0.3) is 0 Å². The average molecular weight is 223 g/mol. The minimum atomic E-state index is 0.156. The van der Waals surface area contributed by atoms with Crippen molar-refractivity contribution in [3.8, 4) is 0 Å². The summed E-state index contributed by atoms with van der Waals surface area (Å²) in [7, 11) is 0. The number of hydrogen-bond acceptors (Lipinski definition) is 2. The molecule has 16 heavy (non-hydrogen) atoms. The monoisotopic (exact) mass is 223 g/mol. The van der Waals surface area contributed by atoms with Gasteiger partial charge in [-0.05, 0) is 44.6 Å². The molecular weight excluding hydrogens is 198 g/mol. The van der Waals surface area contributed by atoms with Crippen molar-refractivity contribution < 1.29 is 5.11 Å². The van der Waals surface area contributed by atoms with E-state index in [1.165, 1.54) is 45.2 Å². The first kappa shape index (κ1) is 12.1. The minimum Gasteiger partial charge on any atom is -0.396 e. The van der Waals surface area contributed by atoms with E-state index in [4.69, 9.17) is 0 Å². The molecule has 1 aliphatic carbocycles. The first-order valence-corrected chi connectivity index (χ1v) is 6.70. The summed E-state index contributed by atoms with van der Waals surface area (Å²) < 4.78 is 0. The van der Waals surface area contributed by atoms with Crippen LogP contribution < -0.4 is 0 Å². The molecule has 2 nitrogen and oxygen atoms in total. The number of aliphatic hydroxyl groups is 1. The van der Waals surface area contributed by atoms with Gasteiger partial charge in [-0.15, -0.1) is 0 Å².